The number of hydrogen-bond acceptors (Lipinski definition) is 3. The van der Waals surface area contributed by atoms with Crippen LogP contribution in [0.5, 0.6) is 0 Å². The molecule has 2 N–H and O–H groups in total. The number of para-hydroxylation sites is 1. The van der Waals surface area contributed by atoms with Gasteiger partial charge in [0.15, 0.2) is 0 Å². The van der Waals surface area contributed by atoms with Gasteiger partial charge in [0, 0.05) is 11.6 Å². The van der Waals surface area contributed by atoms with Crippen LogP contribution in [-0.4, -0.2) is 12.0 Å². The van der Waals surface area contributed by atoms with E-state index in [-0.39, 0.29) is 10.6 Å². The minimum atomic E-state index is -0.380. The molecular weight excluding hydrogens is 180 g/mol. The largest absolute Gasteiger partial charge is 0.333 e. The summed E-state index contributed by atoms with van der Waals surface area (Å²) in [6.45, 7) is 5.72. The van der Waals surface area contributed by atoms with E-state index in [0.29, 0.717) is 5.56 Å². The van der Waals surface area contributed by atoms with Crippen molar-refractivity contribution in [1.29, 1.82) is 0 Å². The molecule has 4 nitrogen and oxygen atoms in total. The number of nitro benzene ring substituents is 1. The van der Waals surface area contributed by atoms with Crippen LogP contribution in [0.4, 0.5) is 5.69 Å². The second-order valence-corrected chi connectivity index (χ2v) is 2.04. The zero-order valence-electron chi connectivity index (χ0n) is 9.15. The van der Waals surface area contributed by atoms with Crippen LogP contribution in [0.25, 0.3) is 0 Å². The molecule has 1 rings (SSSR count). The minimum Gasteiger partial charge on any atom is -0.333 e. The summed E-state index contributed by atoms with van der Waals surface area (Å²) in [6.07, 6.45) is 0. The van der Waals surface area contributed by atoms with Crippen molar-refractivity contribution in [3.05, 3.63) is 39.9 Å². The zero-order chi connectivity index (χ0) is 11.6. The molecule has 0 fully saturated rings. The predicted molar refractivity (Wildman–Crippen MR) is 59.3 cm³/mol. The SMILES string of the molecule is CC.CN.Cc1ccccc1[N+](=O)[O-]. The van der Waals surface area contributed by atoms with Crippen LogP contribution in [-0.2, 0) is 0 Å². The molecule has 80 valence electrons. The Morgan fingerprint density at radius 2 is 1.64 bits per heavy atom. The van der Waals surface area contributed by atoms with Gasteiger partial charge in [-0.25, -0.2) is 0 Å². The lowest BCUT2D eigenvalue weighted by Gasteiger charge is -1.92. The summed E-state index contributed by atoms with van der Waals surface area (Å²) in [4.78, 5) is 9.85. The highest BCUT2D eigenvalue weighted by Gasteiger charge is 2.05. The number of nitrogens with two attached hydrogens (primary N) is 1. The molecule has 0 aliphatic rings. The van der Waals surface area contributed by atoms with Gasteiger partial charge in [0.2, 0.25) is 0 Å². The van der Waals surface area contributed by atoms with Gasteiger partial charge in [0.1, 0.15) is 0 Å². The van der Waals surface area contributed by atoms with Crippen LogP contribution >= 0.6 is 0 Å². The lowest BCUT2D eigenvalue weighted by molar-refractivity contribution is -0.385. The van der Waals surface area contributed by atoms with Gasteiger partial charge in [0.25, 0.3) is 5.69 Å². The average molecular weight is 198 g/mol. The van der Waals surface area contributed by atoms with Gasteiger partial charge in [-0.1, -0.05) is 32.0 Å². The van der Waals surface area contributed by atoms with Gasteiger partial charge in [-0.2, -0.15) is 0 Å². The predicted octanol–water partition coefficient (Wildman–Crippen LogP) is 2.50. The summed E-state index contributed by atoms with van der Waals surface area (Å²) >= 11 is 0. The number of nitro groups is 1. The van der Waals surface area contributed by atoms with Gasteiger partial charge in [0.05, 0.1) is 4.92 Å². The van der Waals surface area contributed by atoms with Crippen molar-refractivity contribution in [3.63, 3.8) is 0 Å². The Bertz CT molecular complexity index is 262. The molecule has 0 aromatic heterocycles. The van der Waals surface area contributed by atoms with Crippen molar-refractivity contribution < 1.29 is 4.92 Å². The summed E-state index contributed by atoms with van der Waals surface area (Å²) in [5.41, 5.74) is 5.38. The first-order valence-electron chi connectivity index (χ1n) is 4.49. The molecule has 0 atom stereocenters. The lowest BCUT2D eigenvalue weighted by atomic mass is 10.2. The first-order chi connectivity index (χ1) is 6.72. The van der Waals surface area contributed by atoms with Crippen molar-refractivity contribution >= 4 is 5.69 Å². The topological polar surface area (TPSA) is 69.2 Å². The van der Waals surface area contributed by atoms with Crippen molar-refractivity contribution in [1.82, 2.24) is 0 Å². The van der Waals surface area contributed by atoms with E-state index in [1.165, 1.54) is 13.1 Å². The van der Waals surface area contributed by atoms with Crippen LogP contribution < -0.4 is 5.73 Å². The van der Waals surface area contributed by atoms with Crippen LogP contribution in [0.15, 0.2) is 24.3 Å². The van der Waals surface area contributed by atoms with E-state index >= 15 is 0 Å². The van der Waals surface area contributed by atoms with Crippen LogP contribution in [0.1, 0.15) is 19.4 Å². The first-order valence-corrected chi connectivity index (χ1v) is 4.49. The third kappa shape index (κ3) is 5.27. The summed E-state index contributed by atoms with van der Waals surface area (Å²) in [5.74, 6) is 0. The molecule has 14 heavy (non-hydrogen) atoms. The second kappa shape index (κ2) is 9.67. The molecule has 1 aromatic rings. The standard InChI is InChI=1S/C7H7NO2.C2H6.CH5N/c1-6-4-2-3-5-7(6)8(9)10;2*1-2/h2-5H,1H3;1-2H3;2H2,1H3. The van der Waals surface area contributed by atoms with Gasteiger partial charge in [-0.3, -0.25) is 10.1 Å². The highest BCUT2D eigenvalue weighted by Crippen LogP contribution is 2.14. The number of hydrogen-bond donors (Lipinski definition) is 1. The van der Waals surface area contributed by atoms with Gasteiger partial charge in [-0.15, -0.1) is 0 Å². The Morgan fingerprint density at radius 3 is 1.93 bits per heavy atom. The molecular formula is C10H18N2O2. The molecule has 0 heterocycles. The van der Waals surface area contributed by atoms with Crippen LogP contribution in [0.2, 0.25) is 0 Å². The van der Waals surface area contributed by atoms with Crippen molar-refractivity contribution in [2.45, 2.75) is 20.8 Å². The van der Waals surface area contributed by atoms with E-state index in [2.05, 4.69) is 5.73 Å². The molecule has 0 saturated heterocycles. The maximum absolute atomic E-state index is 10.2. The third-order valence-electron chi connectivity index (χ3n) is 1.31. The molecule has 4 heteroatoms. The number of nitrogens with zero attached hydrogens (tertiary/aromatic N) is 1. The first kappa shape index (κ1) is 15.1. The third-order valence-corrected chi connectivity index (χ3v) is 1.31. The number of benzene rings is 1. The van der Waals surface area contributed by atoms with Gasteiger partial charge >= 0.3 is 0 Å². The van der Waals surface area contributed by atoms with E-state index in [9.17, 15) is 10.1 Å². The average Bonchev–Trinajstić information content (AvgIpc) is 2.24. The fourth-order valence-corrected chi connectivity index (χ4v) is 0.768. The summed E-state index contributed by atoms with van der Waals surface area (Å²) in [5, 5.41) is 10.2. The van der Waals surface area contributed by atoms with E-state index in [1.807, 2.05) is 13.8 Å². The summed E-state index contributed by atoms with van der Waals surface area (Å²) in [6, 6.07) is 6.65. The molecule has 0 bridgehead atoms. The number of rotatable bonds is 1. The summed E-state index contributed by atoms with van der Waals surface area (Å²) < 4.78 is 0. The molecule has 0 spiro atoms. The Hall–Kier alpha value is -1.42. The van der Waals surface area contributed by atoms with Crippen molar-refractivity contribution in [3.8, 4) is 0 Å². The Balaban J connectivity index is 0. The van der Waals surface area contributed by atoms with E-state index in [1.54, 1.807) is 25.1 Å². The molecule has 0 radical (unpaired) electrons. The highest BCUT2D eigenvalue weighted by atomic mass is 16.6. The molecule has 1 aromatic carbocycles. The monoisotopic (exact) mass is 198 g/mol. The Labute approximate surface area is 84.9 Å². The maximum Gasteiger partial charge on any atom is 0.272 e. The van der Waals surface area contributed by atoms with Crippen molar-refractivity contribution in [2.75, 3.05) is 7.05 Å². The highest BCUT2D eigenvalue weighted by molar-refractivity contribution is 5.38. The summed E-state index contributed by atoms with van der Waals surface area (Å²) in [7, 11) is 1.50. The quantitative estimate of drug-likeness (QED) is 0.556. The Kier molecular flexibility index (Phi) is 10.4. The van der Waals surface area contributed by atoms with E-state index in [0.717, 1.165) is 0 Å². The zero-order valence-corrected chi connectivity index (χ0v) is 9.15. The van der Waals surface area contributed by atoms with E-state index in [4.69, 9.17) is 0 Å². The molecule has 0 aliphatic carbocycles. The number of aryl methyl sites for hydroxylation is 1. The minimum absolute atomic E-state index is 0.183. The molecule has 0 aliphatic heterocycles. The molecule has 0 unspecified atom stereocenters. The van der Waals surface area contributed by atoms with Gasteiger partial charge < -0.3 is 5.73 Å². The normalized spacial score (nSPS) is 7.50. The fourth-order valence-electron chi connectivity index (χ4n) is 0.768. The Morgan fingerprint density at radius 1 is 1.21 bits per heavy atom. The van der Waals surface area contributed by atoms with Crippen molar-refractivity contribution in [2.24, 2.45) is 5.73 Å². The van der Waals surface area contributed by atoms with Crippen LogP contribution in [0, 0.1) is 17.0 Å². The fraction of sp³-hybridized carbons (Fsp3) is 0.400. The van der Waals surface area contributed by atoms with Crippen LogP contribution in [0.3, 0.4) is 0 Å². The molecule has 0 saturated carbocycles. The molecule has 0 amide bonds. The van der Waals surface area contributed by atoms with Gasteiger partial charge in [-0.05, 0) is 14.0 Å². The second-order valence-electron chi connectivity index (χ2n) is 2.04. The lowest BCUT2D eigenvalue weighted by Crippen LogP contribution is -1.89. The smallest absolute Gasteiger partial charge is 0.272 e. The maximum atomic E-state index is 10.2. The van der Waals surface area contributed by atoms with E-state index < -0.39 is 0 Å².